The number of carbonyl (C=O) groups excluding carboxylic acids is 4. The van der Waals surface area contributed by atoms with Gasteiger partial charge in [-0.25, -0.2) is 4.98 Å². The van der Waals surface area contributed by atoms with Crippen molar-refractivity contribution >= 4 is 46.7 Å². The molecule has 12 nitrogen and oxygen atoms in total. The summed E-state index contributed by atoms with van der Waals surface area (Å²) in [6, 6.07) is 26.7. The summed E-state index contributed by atoms with van der Waals surface area (Å²) in [7, 11) is 5.42. The number of hydrogen-bond donors (Lipinski definition) is 1. The molecule has 2 fully saturated rings. The quantitative estimate of drug-likeness (QED) is 0.140. The largest absolute Gasteiger partial charge is 0.457 e. The van der Waals surface area contributed by atoms with Gasteiger partial charge in [-0.05, 0) is 123 Å². The molecule has 0 bridgehead atoms. The molecule has 4 aromatic carbocycles. The molecule has 1 unspecified atom stereocenters. The molecule has 1 aliphatic carbocycles. The molecule has 0 spiro atoms. The summed E-state index contributed by atoms with van der Waals surface area (Å²) >= 11 is 12.8. The molecule has 0 radical (unpaired) electrons. The number of hydrogen-bond acceptors (Lipinski definition) is 8. The van der Waals surface area contributed by atoms with Crippen molar-refractivity contribution in [2.45, 2.75) is 83.0 Å². The van der Waals surface area contributed by atoms with Crippen molar-refractivity contribution in [3.05, 3.63) is 135 Å². The molecule has 3 heterocycles. The third kappa shape index (κ3) is 10.9. The Kier molecular flexibility index (Phi) is 15.2. The van der Waals surface area contributed by atoms with E-state index < -0.39 is 42.2 Å². The summed E-state index contributed by atoms with van der Waals surface area (Å²) < 4.78 is 8.64. The van der Waals surface area contributed by atoms with Crippen LogP contribution in [0.25, 0.3) is 11.3 Å². The summed E-state index contributed by atoms with van der Waals surface area (Å²) in [5.41, 5.74) is 5.65. The van der Waals surface area contributed by atoms with Gasteiger partial charge >= 0.3 is 0 Å². The molecule has 67 heavy (non-hydrogen) atoms. The van der Waals surface area contributed by atoms with Crippen LogP contribution < -0.4 is 4.74 Å². The minimum atomic E-state index is -1.07. The highest BCUT2D eigenvalue weighted by atomic mass is 35.5. The fraction of sp³-hybridized carbons (Fsp3) is 0.415. The van der Waals surface area contributed by atoms with Gasteiger partial charge in [0.25, 0.3) is 0 Å². The second kappa shape index (κ2) is 21.2. The third-order valence-corrected chi connectivity index (χ3v) is 14.7. The van der Waals surface area contributed by atoms with Gasteiger partial charge < -0.3 is 29.1 Å². The number of aryl methyl sites for hydroxylation is 1. The number of aromatic nitrogens is 2. The van der Waals surface area contributed by atoms with Crippen LogP contribution in [0.5, 0.6) is 11.5 Å². The maximum absolute atomic E-state index is 15.1. The Morgan fingerprint density at radius 1 is 0.806 bits per heavy atom. The third-order valence-electron chi connectivity index (χ3n) is 14.2. The van der Waals surface area contributed by atoms with Crippen LogP contribution in [0, 0.1) is 11.8 Å². The number of nitrogens with zero attached hydrogens (tertiary/aromatic N) is 6. The van der Waals surface area contributed by atoms with Gasteiger partial charge in [0, 0.05) is 61.7 Å². The molecule has 352 valence electrons. The topological polar surface area (TPSA) is 129 Å². The van der Waals surface area contributed by atoms with Crippen LogP contribution in [-0.2, 0) is 52.2 Å². The highest BCUT2D eigenvalue weighted by Crippen LogP contribution is 2.41. The second-order valence-electron chi connectivity index (χ2n) is 18.5. The predicted molar refractivity (Wildman–Crippen MR) is 260 cm³/mol. The van der Waals surface area contributed by atoms with Crippen LogP contribution >= 0.6 is 23.2 Å². The van der Waals surface area contributed by atoms with E-state index in [0.29, 0.717) is 39.9 Å². The molecular weight excluding hydrogens is 888 g/mol. The van der Waals surface area contributed by atoms with Crippen LogP contribution in [0.2, 0.25) is 10.0 Å². The number of likely N-dealkylation sites (N-methyl/N-ethyl adjacent to an activating group) is 2. The first-order chi connectivity index (χ1) is 32.3. The highest BCUT2D eigenvalue weighted by Gasteiger charge is 2.41. The maximum atomic E-state index is 15.1. The molecule has 3 aliphatic rings. The van der Waals surface area contributed by atoms with Crippen LogP contribution in [0.15, 0.2) is 97.2 Å². The lowest BCUT2D eigenvalue weighted by Crippen LogP contribution is -2.52. The van der Waals surface area contributed by atoms with Crippen LogP contribution in [0.1, 0.15) is 73.0 Å². The Morgan fingerprint density at radius 3 is 2.25 bits per heavy atom. The van der Waals surface area contributed by atoms with E-state index in [1.807, 2.05) is 67.8 Å². The molecular formula is C53H60Cl2N6O6. The SMILES string of the molecule is C[C@H]1C(=O)C[C@@H](CO)C(=O)N(C)C(Cc2ccc(Cl)cc2)CN(C)C(=O)[C@H]([C@H]2CCc3ccccc32)CC(=O)N1Cc1ccc(Cl)cc1Oc1ccc(-c2cnc(CN3CCCC3)n2C)cc1. The maximum Gasteiger partial charge on any atom is 0.228 e. The average Bonchev–Trinajstić information content (AvgIpc) is 4.10. The normalized spacial score (nSPS) is 22.4. The van der Waals surface area contributed by atoms with Crippen LogP contribution in [0.3, 0.4) is 0 Å². The predicted octanol–water partition coefficient (Wildman–Crippen LogP) is 8.34. The zero-order valence-electron chi connectivity index (χ0n) is 38.7. The first kappa shape index (κ1) is 47.9. The molecule has 5 aromatic rings. The summed E-state index contributed by atoms with van der Waals surface area (Å²) in [4.78, 5) is 70.7. The number of ketones is 1. The molecule has 0 saturated carbocycles. The number of aliphatic hydroxyl groups excluding tert-OH is 1. The first-order valence-electron chi connectivity index (χ1n) is 23.3. The lowest BCUT2D eigenvalue weighted by molar-refractivity contribution is -0.148. The minimum Gasteiger partial charge on any atom is -0.457 e. The lowest BCUT2D eigenvalue weighted by Gasteiger charge is -2.37. The number of fused-ring (bicyclic) bond motifs is 1. The number of amides is 3. The number of imidazole rings is 1. The fourth-order valence-corrected chi connectivity index (χ4v) is 10.4. The zero-order chi connectivity index (χ0) is 47.4. The molecule has 2 saturated heterocycles. The van der Waals surface area contributed by atoms with Crippen molar-refractivity contribution in [2.24, 2.45) is 18.9 Å². The summed E-state index contributed by atoms with van der Waals surface area (Å²) in [5.74, 6) is -1.56. The fourth-order valence-electron chi connectivity index (χ4n) is 10.1. The molecule has 5 atom stereocenters. The van der Waals surface area contributed by atoms with Crippen molar-refractivity contribution in [1.82, 2.24) is 29.2 Å². The van der Waals surface area contributed by atoms with E-state index in [4.69, 9.17) is 32.9 Å². The van der Waals surface area contributed by atoms with Crippen molar-refractivity contribution in [1.29, 1.82) is 0 Å². The Balaban J connectivity index is 1.10. The molecule has 2 aliphatic heterocycles. The molecule has 1 aromatic heterocycles. The van der Waals surface area contributed by atoms with Gasteiger partial charge in [0.15, 0.2) is 5.78 Å². The van der Waals surface area contributed by atoms with Crippen molar-refractivity contribution in [3.8, 4) is 22.8 Å². The number of benzene rings is 4. The van der Waals surface area contributed by atoms with Gasteiger partial charge in [0.1, 0.15) is 17.3 Å². The van der Waals surface area contributed by atoms with E-state index >= 15 is 9.59 Å². The van der Waals surface area contributed by atoms with Gasteiger partial charge in [-0.1, -0.05) is 65.7 Å². The van der Waals surface area contributed by atoms with Crippen LogP contribution in [-0.4, -0.2) is 110 Å². The standard InChI is InChI=1S/C53H60Cl2N6O6/c1-34-48(63)26-39(33-62)52(65)58(3)42(25-35-11-17-40(54)18-12-35)31-57(2)53(66)46(45-22-16-36-9-5-6-10-44(36)45)28-51(64)61(34)30-38-13-19-41(55)27-49(38)67-43-20-14-37(15-21-43)47-29-56-50(59(47)4)32-60-23-7-8-24-60/h5-6,9-15,17-21,27,29,34,39,42,45-46,62H,7-8,16,22-26,28,30-33H2,1-4H3/t34-,39-,42?,45-,46-/m0/s1. The number of Topliss-reactive ketones (excluding diaryl/α,β-unsaturated/α-hetero) is 1. The smallest absolute Gasteiger partial charge is 0.228 e. The molecule has 14 heteroatoms. The second-order valence-corrected chi connectivity index (χ2v) is 19.4. The number of rotatable bonds is 11. The summed E-state index contributed by atoms with van der Waals surface area (Å²) in [6.45, 7) is 4.17. The van der Waals surface area contributed by atoms with E-state index in [9.17, 15) is 14.7 Å². The zero-order valence-corrected chi connectivity index (χ0v) is 40.3. The Hall–Kier alpha value is -5.53. The van der Waals surface area contributed by atoms with E-state index in [2.05, 4.69) is 15.5 Å². The van der Waals surface area contributed by atoms with Gasteiger partial charge in [0.2, 0.25) is 17.7 Å². The number of likely N-dealkylation sites (tertiary alicyclic amines) is 1. The van der Waals surface area contributed by atoms with Gasteiger partial charge in [-0.3, -0.25) is 24.1 Å². The first-order valence-corrected chi connectivity index (χ1v) is 24.1. The van der Waals surface area contributed by atoms with Gasteiger partial charge in [-0.2, -0.15) is 0 Å². The lowest BCUT2D eigenvalue weighted by atomic mass is 9.83. The van der Waals surface area contributed by atoms with Crippen LogP contribution in [0.4, 0.5) is 0 Å². The number of halogens is 2. The highest BCUT2D eigenvalue weighted by molar-refractivity contribution is 6.31. The summed E-state index contributed by atoms with van der Waals surface area (Å²) in [5, 5.41) is 11.6. The Morgan fingerprint density at radius 2 is 1.52 bits per heavy atom. The number of aliphatic hydroxyl groups is 1. The molecule has 8 rings (SSSR count). The number of carbonyl (C=O) groups is 4. The van der Waals surface area contributed by atoms with E-state index in [1.54, 1.807) is 61.2 Å². The monoisotopic (exact) mass is 946 g/mol. The van der Waals surface area contributed by atoms with E-state index in [1.165, 1.54) is 17.7 Å². The molecule has 3 amide bonds. The van der Waals surface area contributed by atoms with Gasteiger partial charge in [0.05, 0.1) is 55.5 Å². The van der Waals surface area contributed by atoms with Crippen molar-refractivity contribution in [2.75, 3.05) is 40.3 Å². The molecule has 1 N–H and O–H groups in total. The minimum absolute atomic E-state index is 0.0516. The summed E-state index contributed by atoms with van der Waals surface area (Å²) in [6.07, 6.45) is 5.73. The van der Waals surface area contributed by atoms with E-state index in [-0.39, 0.29) is 43.7 Å². The number of ether oxygens (including phenoxy) is 1. The Bertz CT molecular complexity index is 2580. The van der Waals surface area contributed by atoms with Crippen molar-refractivity contribution in [3.63, 3.8) is 0 Å². The van der Waals surface area contributed by atoms with Crippen molar-refractivity contribution < 1.29 is 29.0 Å². The van der Waals surface area contributed by atoms with E-state index in [0.717, 1.165) is 59.8 Å². The Labute approximate surface area is 403 Å². The van der Waals surface area contributed by atoms with Gasteiger partial charge in [-0.15, -0.1) is 0 Å². The average molecular weight is 948 g/mol.